The summed E-state index contributed by atoms with van der Waals surface area (Å²) >= 11 is 0. The fourth-order valence-corrected chi connectivity index (χ4v) is 2.92. The number of rotatable bonds is 3. The van der Waals surface area contributed by atoms with E-state index in [4.69, 9.17) is 8.94 Å². The number of para-hydroxylation sites is 2. The summed E-state index contributed by atoms with van der Waals surface area (Å²) in [7, 11) is 0. The van der Waals surface area contributed by atoms with Gasteiger partial charge in [-0.15, -0.1) is 0 Å². The van der Waals surface area contributed by atoms with Crippen molar-refractivity contribution in [2.24, 2.45) is 0 Å². The molecule has 1 aliphatic rings. The summed E-state index contributed by atoms with van der Waals surface area (Å²) in [5.41, 5.74) is 1.75. The SMILES string of the molecule is Cc1nc(CN2CCCN(c3nc4ccccc4o3)CC2)no1. The highest BCUT2D eigenvalue weighted by Crippen LogP contribution is 2.22. The Morgan fingerprint density at radius 2 is 2.00 bits per heavy atom. The van der Waals surface area contributed by atoms with E-state index in [9.17, 15) is 0 Å². The lowest BCUT2D eigenvalue weighted by atomic mass is 10.3. The minimum absolute atomic E-state index is 0.614. The van der Waals surface area contributed by atoms with Crippen LogP contribution in [0.4, 0.5) is 6.01 Å². The maximum Gasteiger partial charge on any atom is 0.298 e. The zero-order valence-corrected chi connectivity index (χ0v) is 13.1. The number of hydrogen-bond donors (Lipinski definition) is 0. The van der Waals surface area contributed by atoms with E-state index in [1.807, 2.05) is 31.2 Å². The third-order valence-electron chi connectivity index (χ3n) is 4.08. The summed E-state index contributed by atoms with van der Waals surface area (Å²) in [5, 5.41) is 3.97. The Morgan fingerprint density at radius 3 is 2.83 bits per heavy atom. The van der Waals surface area contributed by atoms with Crippen LogP contribution in [0.5, 0.6) is 0 Å². The van der Waals surface area contributed by atoms with Crippen molar-refractivity contribution in [1.29, 1.82) is 0 Å². The number of aryl methyl sites for hydroxylation is 1. The second-order valence-electron chi connectivity index (χ2n) is 5.81. The molecule has 0 saturated carbocycles. The molecule has 3 aromatic rings. The van der Waals surface area contributed by atoms with Crippen LogP contribution >= 0.6 is 0 Å². The third-order valence-corrected chi connectivity index (χ3v) is 4.08. The lowest BCUT2D eigenvalue weighted by molar-refractivity contribution is 0.271. The van der Waals surface area contributed by atoms with Crippen LogP contribution in [-0.2, 0) is 6.54 Å². The molecule has 23 heavy (non-hydrogen) atoms. The fraction of sp³-hybridized carbons (Fsp3) is 0.438. The lowest BCUT2D eigenvalue weighted by Gasteiger charge is -2.19. The minimum Gasteiger partial charge on any atom is -0.423 e. The van der Waals surface area contributed by atoms with E-state index in [0.29, 0.717) is 11.9 Å². The minimum atomic E-state index is 0.614. The van der Waals surface area contributed by atoms with Gasteiger partial charge in [0.2, 0.25) is 5.89 Å². The second-order valence-corrected chi connectivity index (χ2v) is 5.81. The molecular formula is C16H19N5O2. The molecule has 0 radical (unpaired) electrons. The summed E-state index contributed by atoms with van der Waals surface area (Å²) in [6, 6.07) is 8.59. The van der Waals surface area contributed by atoms with Gasteiger partial charge in [-0.25, -0.2) is 0 Å². The molecule has 1 aliphatic heterocycles. The van der Waals surface area contributed by atoms with Crippen LogP contribution in [0.1, 0.15) is 18.1 Å². The van der Waals surface area contributed by atoms with Crippen LogP contribution in [0, 0.1) is 6.92 Å². The monoisotopic (exact) mass is 313 g/mol. The van der Waals surface area contributed by atoms with Crippen LogP contribution < -0.4 is 4.90 Å². The highest BCUT2D eigenvalue weighted by atomic mass is 16.5. The highest BCUT2D eigenvalue weighted by Gasteiger charge is 2.20. The fourth-order valence-electron chi connectivity index (χ4n) is 2.92. The van der Waals surface area contributed by atoms with Gasteiger partial charge in [0.05, 0.1) is 6.54 Å². The average Bonchev–Trinajstić information content (AvgIpc) is 3.08. The number of fused-ring (bicyclic) bond motifs is 1. The van der Waals surface area contributed by atoms with E-state index < -0.39 is 0 Å². The summed E-state index contributed by atoms with van der Waals surface area (Å²) < 4.78 is 10.9. The molecule has 0 aliphatic carbocycles. The van der Waals surface area contributed by atoms with E-state index in [0.717, 1.165) is 56.1 Å². The van der Waals surface area contributed by atoms with Gasteiger partial charge in [0.15, 0.2) is 11.4 Å². The van der Waals surface area contributed by atoms with Crippen LogP contribution in [0.3, 0.4) is 0 Å². The Balaban J connectivity index is 1.44. The molecule has 1 saturated heterocycles. The maximum absolute atomic E-state index is 5.88. The quantitative estimate of drug-likeness (QED) is 0.734. The number of benzene rings is 1. The van der Waals surface area contributed by atoms with Gasteiger partial charge in [-0.1, -0.05) is 17.3 Å². The average molecular weight is 313 g/mol. The second kappa shape index (κ2) is 6.00. The summed E-state index contributed by atoms with van der Waals surface area (Å²) in [4.78, 5) is 13.4. The van der Waals surface area contributed by atoms with Crippen molar-refractivity contribution in [2.75, 3.05) is 31.1 Å². The van der Waals surface area contributed by atoms with E-state index in [-0.39, 0.29) is 0 Å². The molecule has 1 fully saturated rings. The molecule has 7 nitrogen and oxygen atoms in total. The molecule has 2 aromatic heterocycles. The maximum atomic E-state index is 5.88. The number of aromatic nitrogens is 3. The van der Waals surface area contributed by atoms with Gasteiger partial charge in [-0.05, 0) is 18.6 Å². The summed E-state index contributed by atoms with van der Waals surface area (Å²) in [6.07, 6.45) is 1.05. The van der Waals surface area contributed by atoms with Gasteiger partial charge in [0.25, 0.3) is 6.01 Å². The van der Waals surface area contributed by atoms with Crippen molar-refractivity contribution in [2.45, 2.75) is 19.9 Å². The van der Waals surface area contributed by atoms with Crippen LogP contribution in [0.15, 0.2) is 33.2 Å². The van der Waals surface area contributed by atoms with Crippen LogP contribution in [0.25, 0.3) is 11.1 Å². The molecule has 0 bridgehead atoms. The standard InChI is InChI=1S/C16H19N5O2/c1-12-17-15(19-23-12)11-20-7-4-8-21(10-9-20)16-18-13-5-2-3-6-14(13)22-16/h2-3,5-6H,4,7-11H2,1H3. The molecule has 4 rings (SSSR count). The molecule has 0 N–H and O–H groups in total. The molecule has 3 heterocycles. The zero-order valence-electron chi connectivity index (χ0n) is 13.1. The Kier molecular flexibility index (Phi) is 3.70. The van der Waals surface area contributed by atoms with E-state index >= 15 is 0 Å². The predicted octanol–water partition coefficient (Wildman–Crippen LogP) is 2.23. The molecule has 0 atom stereocenters. The van der Waals surface area contributed by atoms with Crippen molar-refractivity contribution >= 4 is 17.1 Å². The summed E-state index contributed by atoms with van der Waals surface area (Å²) in [6.45, 7) is 6.28. The van der Waals surface area contributed by atoms with Gasteiger partial charge < -0.3 is 13.8 Å². The van der Waals surface area contributed by atoms with Gasteiger partial charge >= 0.3 is 0 Å². The molecule has 0 unspecified atom stereocenters. The number of nitrogens with zero attached hydrogens (tertiary/aromatic N) is 5. The third kappa shape index (κ3) is 3.05. The van der Waals surface area contributed by atoms with Crippen molar-refractivity contribution in [3.8, 4) is 0 Å². The Morgan fingerprint density at radius 1 is 1.09 bits per heavy atom. The first-order chi connectivity index (χ1) is 11.3. The van der Waals surface area contributed by atoms with Crippen molar-refractivity contribution < 1.29 is 8.94 Å². The van der Waals surface area contributed by atoms with E-state index in [1.165, 1.54) is 0 Å². The topological polar surface area (TPSA) is 71.4 Å². The van der Waals surface area contributed by atoms with Crippen molar-refractivity contribution in [1.82, 2.24) is 20.0 Å². The first-order valence-corrected chi connectivity index (χ1v) is 7.90. The molecular weight excluding hydrogens is 294 g/mol. The van der Waals surface area contributed by atoms with Gasteiger partial charge in [-0.2, -0.15) is 9.97 Å². The van der Waals surface area contributed by atoms with Crippen molar-refractivity contribution in [3.63, 3.8) is 0 Å². The van der Waals surface area contributed by atoms with E-state index in [1.54, 1.807) is 0 Å². The lowest BCUT2D eigenvalue weighted by Crippen LogP contribution is -2.30. The first-order valence-electron chi connectivity index (χ1n) is 7.90. The molecule has 7 heteroatoms. The number of oxazole rings is 1. The Hall–Kier alpha value is -2.41. The zero-order chi connectivity index (χ0) is 15.6. The smallest absolute Gasteiger partial charge is 0.298 e. The van der Waals surface area contributed by atoms with Crippen LogP contribution in [-0.4, -0.2) is 46.2 Å². The van der Waals surface area contributed by atoms with Gasteiger partial charge in [-0.3, -0.25) is 4.90 Å². The molecule has 0 amide bonds. The molecule has 1 aromatic carbocycles. The first kappa shape index (κ1) is 14.2. The normalized spacial score (nSPS) is 16.8. The van der Waals surface area contributed by atoms with E-state index in [2.05, 4.69) is 24.9 Å². The Labute approximate surface area is 133 Å². The summed E-state index contributed by atoms with van der Waals surface area (Å²) in [5.74, 6) is 1.36. The Bertz CT molecular complexity index is 763. The van der Waals surface area contributed by atoms with Crippen molar-refractivity contribution in [3.05, 3.63) is 36.0 Å². The number of hydrogen-bond acceptors (Lipinski definition) is 7. The largest absolute Gasteiger partial charge is 0.423 e. The highest BCUT2D eigenvalue weighted by molar-refractivity contribution is 5.74. The van der Waals surface area contributed by atoms with Gasteiger partial charge in [0.1, 0.15) is 5.52 Å². The molecule has 120 valence electrons. The number of anilines is 1. The predicted molar refractivity (Wildman–Crippen MR) is 85.2 cm³/mol. The molecule has 0 spiro atoms. The van der Waals surface area contributed by atoms with Crippen LogP contribution in [0.2, 0.25) is 0 Å². The van der Waals surface area contributed by atoms with Gasteiger partial charge in [0, 0.05) is 33.1 Å².